The maximum absolute atomic E-state index is 13.4. The smallest absolute Gasteiger partial charge is 0.300 e. The maximum Gasteiger partial charge on any atom is 0.300 e. The molecule has 1 aromatic heterocycles. The average molecular weight is 513 g/mol. The summed E-state index contributed by atoms with van der Waals surface area (Å²) in [5, 5.41) is 11.4. The standard InChI is InChI=1S/C30H32N4O4/c1-3-19-38-25-6-4-5-22(20-25)28(35)26-27(21-11-13-31-14-12-21)34(30(37)29(26)36)24-9-7-23(8-10-24)33-17-15-32(2)16-18-33/h4-14,20,27,35H,3,15-19H2,1-2H3/b28-26+. The van der Waals surface area contributed by atoms with Crippen molar-refractivity contribution in [3.05, 3.63) is 89.8 Å². The number of amides is 1. The number of Topliss-reactive ketones (excluding diaryl/α,β-unsaturated/α-hetero) is 1. The molecule has 38 heavy (non-hydrogen) atoms. The summed E-state index contributed by atoms with van der Waals surface area (Å²) in [5.41, 5.74) is 2.80. The van der Waals surface area contributed by atoms with Crippen molar-refractivity contribution in [3.8, 4) is 5.75 Å². The fourth-order valence-electron chi connectivity index (χ4n) is 4.96. The number of aromatic nitrogens is 1. The summed E-state index contributed by atoms with van der Waals surface area (Å²) in [6.07, 6.45) is 4.08. The summed E-state index contributed by atoms with van der Waals surface area (Å²) in [5.74, 6) is -1.06. The van der Waals surface area contributed by atoms with Gasteiger partial charge in [-0.3, -0.25) is 19.5 Å². The highest BCUT2D eigenvalue weighted by molar-refractivity contribution is 6.51. The van der Waals surface area contributed by atoms with Crippen LogP contribution in [-0.4, -0.2) is 66.5 Å². The van der Waals surface area contributed by atoms with Crippen molar-refractivity contribution >= 4 is 28.8 Å². The quantitative estimate of drug-likeness (QED) is 0.288. The number of piperazine rings is 1. The summed E-state index contributed by atoms with van der Waals surface area (Å²) in [7, 11) is 2.12. The molecule has 2 aliphatic rings. The van der Waals surface area contributed by atoms with Gasteiger partial charge in [0.15, 0.2) is 0 Å². The van der Waals surface area contributed by atoms with Crippen molar-refractivity contribution in [3.63, 3.8) is 0 Å². The highest BCUT2D eigenvalue weighted by atomic mass is 16.5. The zero-order chi connectivity index (χ0) is 26.6. The molecule has 2 saturated heterocycles. The third-order valence-corrected chi connectivity index (χ3v) is 7.04. The number of aliphatic hydroxyl groups is 1. The summed E-state index contributed by atoms with van der Waals surface area (Å²) in [6.45, 7) is 6.39. The highest BCUT2D eigenvalue weighted by Crippen LogP contribution is 2.42. The Morgan fingerprint density at radius 3 is 2.34 bits per heavy atom. The van der Waals surface area contributed by atoms with Gasteiger partial charge < -0.3 is 19.6 Å². The van der Waals surface area contributed by atoms with Gasteiger partial charge in [-0.15, -0.1) is 0 Å². The van der Waals surface area contributed by atoms with Crippen molar-refractivity contribution in [2.45, 2.75) is 19.4 Å². The molecule has 0 spiro atoms. The molecule has 2 aromatic carbocycles. The minimum Gasteiger partial charge on any atom is -0.507 e. The van der Waals surface area contributed by atoms with Gasteiger partial charge >= 0.3 is 0 Å². The molecule has 0 saturated carbocycles. The number of aliphatic hydroxyl groups excluding tert-OH is 1. The molecule has 8 nitrogen and oxygen atoms in total. The van der Waals surface area contributed by atoms with E-state index in [4.69, 9.17) is 4.74 Å². The third kappa shape index (κ3) is 4.99. The molecule has 1 amide bonds. The number of benzene rings is 2. The Labute approximate surface area is 222 Å². The van der Waals surface area contributed by atoms with Gasteiger partial charge in [-0.2, -0.15) is 0 Å². The zero-order valence-electron chi connectivity index (χ0n) is 21.7. The Morgan fingerprint density at radius 1 is 0.974 bits per heavy atom. The van der Waals surface area contributed by atoms with Crippen molar-refractivity contribution in [1.82, 2.24) is 9.88 Å². The number of ether oxygens (including phenoxy) is 1. The first-order valence-corrected chi connectivity index (χ1v) is 13.0. The van der Waals surface area contributed by atoms with Crippen LogP contribution in [0.3, 0.4) is 0 Å². The molecule has 0 radical (unpaired) electrons. The second-order valence-electron chi connectivity index (χ2n) is 9.63. The number of pyridine rings is 1. The molecule has 1 atom stereocenters. The number of rotatable bonds is 7. The minimum atomic E-state index is -0.798. The SMILES string of the molecule is CCCOc1cccc(/C(O)=C2\C(=O)C(=O)N(c3ccc(N4CCN(C)CC4)cc3)C2c2ccncc2)c1. The van der Waals surface area contributed by atoms with Crippen molar-refractivity contribution in [2.75, 3.05) is 49.6 Å². The number of ketones is 1. The monoisotopic (exact) mass is 512 g/mol. The Morgan fingerprint density at radius 2 is 1.66 bits per heavy atom. The Kier molecular flexibility index (Phi) is 7.42. The van der Waals surface area contributed by atoms with Crippen LogP contribution in [0.4, 0.5) is 11.4 Å². The first-order valence-electron chi connectivity index (χ1n) is 13.0. The normalized spacial score (nSPS) is 19.7. The topological polar surface area (TPSA) is 86.2 Å². The third-order valence-electron chi connectivity index (χ3n) is 7.04. The van der Waals surface area contributed by atoms with Crippen molar-refractivity contribution in [2.24, 2.45) is 0 Å². The average Bonchev–Trinajstić information content (AvgIpc) is 3.22. The molecule has 2 fully saturated rings. The molecule has 1 N–H and O–H groups in total. The molecule has 0 bridgehead atoms. The van der Waals surface area contributed by atoms with Gasteiger partial charge in [-0.25, -0.2) is 0 Å². The lowest BCUT2D eigenvalue weighted by Crippen LogP contribution is -2.44. The van der Waals surface area contributed by atoms with Crippen molar-refractivity contribution in [1.29, 1.82) is 0 Å². The van der Waals surface area contributed by atoms with E-state index in [1.165, 1.54) is 4.90 Å². The van der Waals surface area contributed by atoms with Crippen LogP contribution in [0.15, 0.2) is 78.6 Å². The summed E-state index contributed by atoms with van der Waals surface area (Å²) in [6, 6.07) is 17.4. The van der Waals surface area contributed by atoms with Crippen LogP contribution in [0, 0.1) is 0 Å². The second kappa shape index (κ2) is 11.1. The van der Waals surface area contributed by atoms with Crippen molar-refractivity contribution < 1.29 is 19.4 Å². The lowest BCUT2D eigenvalue weighted by Gasteiger charge is -2.34. The fourth-order valence-corrected chi connectivity index (χ4v) is 4.96. The first-order chi connectivity index (χ1) is 18.5. The summed E-state index contributed by atoms with van der Waals surface area (Å²) >= 11 is 0. The summed E-state index contributed by atoms with van der Waals surface area (Å²) < 4.78 is 5.71. The number of hydrogen-bond acceptors (Lipinski definition) is 7. The van der Waals surface area contributed by atoms with Gasteiger partial charge in [-0.05, 0) is 67.6 Å². The number of nitrogens with zero attached hydrogens (tertiary/aromatic N) is 4. The van der Waals surface area contributed by atoms with Crippen LogP contribution < -0.4 is 14.5 Å². The van der Waals surface area contributed by atoms with Gasteiger partial charge in [0.2, 0.25) is 0 Å². The van der Waals surface area contributed by atoms with E-state index in [0.717, 1.165) is 38.3 Å². The van der Waals surface area contributed by atoms with E-state index in [2.05, 4.69) is 21.8 Å². The van der Waals surface area contributed by atoms with Gasteiger partial charge in [0.05, 0.1) is 18.2 Å². The molecule has 0 aliphatic carbocycles. The highest BCUT2D eigenvalue weighted by Gasteiger charge is 2.47. The van der Waals surface area contributed by atoms with E-state index in [1.54, 1.807) is 48.8 Å². The van der Waals surface area contributed by atoms with Crippen LogP contribution in [0.1, 0.15) is 30.5 Å². The molecular formula is C30H32N4O4. The fraction of sp³-hybridized carbons (Fsp3) is 0.300. The molecule has 3 heterocycles. The van der Waals surface area contributed by atoms with E-state index in [9.17, 15) is 14.7 Å². The summed E-state index contributed by atoms with van der Waals surface area (Å²) in [4.78, 5) is 37.0. The molecule has 3 aromatic rings. The predicted octanol–water partition coefficient (Wildman–Crippen LogP) is 4.25. The largest absolute Gasteiger partial charge is 0.507 e. The Bertz CT molecular complexity index is 1330. The number of carbonyl (C=O) groups is 2. The van der Waals surface area contributed by atoms with Gasteiger partial charge in [0.25, 0.3) is 11.7 Å². The molecule has 2 aliphatic heterocycles. The molecular weight excluding hydrogens is 480 g/mol. The molecule has 1 unspecified atom stereocenters. The van der Waals surface area contributed by atoms with Crippen LogP contribution in [-0.2, 0) is 9.59 Å². The lowest BCUT2D eigenvalue weighted by atomic mass is 9.95. The lowest BCUT2D eigenvalue weighted by molar-refractivity contribution is -0.132. The van der Waals surface area contributed by atoms with Crippen LogP contribution in [0.5, 0.6) is 5.75 Å². The maximum atomic E-state index is 13.4. The van der Waals surface area contributed by atoms with Gasteiger partial charge in [-0.1, -0.05) is 19.1 Å². The van der Waals surface area contributed by atoms with Crippen LogP contribution in [0.2, 0.25) is 0 Å². The van der Waals surface area contributed by atoms with E-state index < -0.39 is 17.7 Å². The number of likely N-dealkylation sites (N-methyl/N-ethyl adjacent to an activating group) is 1. The number of carbonyl (C=O) groups excluding carboxylic acids is 2. The molecule has 8 heteroatoms. The van der Waals surface area contributed by atoms with E-state index in [0.29, 0.717) is 29.2 Å². The van der Waals surface area contributed by atoms with Gasteiger partial charge in [0.1, 0.15) is 11.5 Å². The Balaban J connectivity index is 1.54. The second-order valence-corrected chi connectivity index (χ2v) is 9.63. The zero-order valence-corrected chi connectivity index (χ0v) is 21.7. The molecule has 5 rings (SSSR count). The minimum absolute atomic E-state index is 0.0389. The number of anilines is 2. The predicted molar refractivity (Wildman–Crippen MR) is 147 cm³/mol. The Hall–Kier alpha value is -4.17. The van der Waals surface area contributed by atoms with Crippen LogP contribution in [0.25, 0.3) is 5.76 Å². The molecule has 196 valence electrons. The first kappa shape index (κ1) is 25.5. The van der Waals surface area contributed by atoms with E-state index >= 15 is 0 Å². The van der Waals surface area contributed by atoms with Gasteiger partial charge in [0, 0.05) is 55.5 Å². The number of hydrogen-bond donors (Lipinski definition) is 1. The van der Waals surface area contributed by atoms with E-state index in [-0.39, 0.29) is 11.3 Å². The van der Waals surface area contributed by atoms with E-state index in [1.807, 2.05) is 31.2 Å². The van der Waals surface area contributed by atoms with Crippen LogP contribution >= 0.6 is 0 Å².